The second-order valence-electron chi connectivity index (χ2n) is 3.29. The molecule has 4 heteroatoms. The Bertz CT molecular complexity index is 475. The van der Waals surface area contributed by atoms with Gasteiger partial charge in [0.25, 0.3) is 0 Å². The van der Waals surface area contributed by atoms with Gasteiger partial charge < -0.3 is 9.67 Å². The zero-order valence-corrected chi connectivity index (χ0v) is 8.95. The molecule has 0 saturated heterocycles. The molecule has 1 atom stereocenters. The van der Waals surface area contributed by atoms with E-state index in [9.17, 15) is 5.11 Å². The van der Waals surface area contributed by atoms with E-state index in [2.05, 4.69) is 0 Å². The summed E-state index contributed by atoms with van der Waals surface area (Å²) in [5.74, 6) is 0. The number of aliphatic hydroxyl groups excluding tert-OH is 1. The first-order chi connectivity index (χ1) is 7.27. The Hall–Kier alpha value is -1.39. The monoisotopic (exact) mass is 220 g/mol. The summed E-state index contributed by atoms with van der Waals surface area (Å²) in [7, 11) is 0. The maximum atomic E-state index is 9.92. The van der Waals surface area contributed by atoms with E-state index in [4.69, 9.17) is 5.41 Å². The summed E-state index contributed by atoms with van der Waals surface area (Å²) in [4.78, 5) is 0.463. The first kappa shape index (κ1) is 10.1. The Morgan fingerprint density at radius 1 is 1.33 bits per heavy atom. The highest BCUT2D eigenvalue weighted by atomic mass is 32.1. The lowest BCUT2D eigenvalue weighted by Crippen LogP contribution is -2.17. The highest BCUT2D eigenvalue weighted by molar-refractivity contribution is 7.06. The number of hydrogen-bond acceptors (Lipinski definition) is 3. The number of rotatable bonds is 3. The van der Waals surface area contributed by atoms with Crippen molar-refractivity contribution < 1.29 is 5.11 Å². The van der Waals surface area contributed by atoms with Crippen molar-refractivity contribution in [1.82, 2.24) is 4.57 Å². The van der Waals surface area contributed by atoms with Crippen LogP contribution in [0.25, 0.3) is 0 Å². The summed E-state index contributed by atoms with van der Waals surface area (Å²) in [6.45, 7) is 0.437. The van der Waals surface area contributed by atoms with Gasteiger partial charge in [-0.1, -0.05) is 30.3 Å². The summed E-state index contributed by atoms with van der Waals surface area (Å²) >= 11 is 1.36. The van der Waals surface area contributed by atoms with Crippen LogP contribution >= 0.6 is 11.3 Å². The summed E-state index contributed by atoms with van der Waals surface area (Å²) in [6.07, 6.45) is 1.27. The van der Waals surface area contributed by atoms with Gasteiger partial charge in [0.15, 0.2) is 4.80 Å². The Labute approximate surface area is 91.8 Å². The summed E-state index contributed by atoms with van der Waals surface area (Å²) < 4.78 is 1.74. The van der Waals surface area contributed by atoms with Gasteiger partial charge in [0.2, 0.25) is 0 Å². The number of aromatic nitrogens is 1. The van der Waals surface area contributed by atoms with Crippen LogP contribution in [0.2, 0.25) is 0 Å². The van der Waals surface area contributed by atoms with Crippen molar-refractivity contribution in [1.29, 1.82) is 5.41 Å². The molecular weight excluding hydrogens is 208 g/mol. The Kier molecular flexibility index (Phi) is 2.99. The number of nitrogens with one attached hydrogen (secondary N) is 1. The number of thiazole rings is 1. The van der Waals surface area contributed by atoms with Gasteiger partial charge in [-0.25, -0.2) is 0 Å². The first-order valence-electron chi connectivity index (χ1n) is 4.69. The molecule has 3 nitrogen and oxygen atoms in total. The quantitative estimate of drug-likeness (QED) is 0.813. The molecule has 1 heterocycles. The van der Waals surface area contributed by atoms with Gasteiger partial charge in [-0.2, -0.15) is 0 Å². The van der Waals surface area contributed by atoms with Crippen LogP contribution in [0.5, 0.6) is 0 Å². The summed E-state index contributed by atoms with van der Waals surface area (Å²) in [6, 6.07) is 9.50. The summed E-state index contributed by atoms with van der Waals surface area (Å²) in [5, 5.41) is 19.3. The smallest absolute Gasteiger partial charge is 0.181 e. The average Bonchev–Trinajstić information content (AvgIpc) is 2.66. The molecule has 1 aromatic heterocycles. The van der Waals surface area contributed by atoms with Gasteiger partial charge in [-0.05, 0) is 5.56 Å². The van der Waals surface area contributed by atoms with E-state index in [0.717, 1.165) is 5.56 Å². The summed E-state index contributed by atoms with van der Waals surface area (Å²) in [5.41, 5.74) is 0.885. The number of aliphatic hydroxyl groups is 1. The predicted molar refractivity (Wildman–Crippen MR) is 59.6 cm³/mol. The second kappa shape index (κ2) is 4.42. The standard InChI is InChI=1S/C11H12N2OS/c12-11-13(6-7-15-11)8-10(14)9-4-2-1-3-5-9/h1-7,10,12,14H,8H2/t10-/m0/s1. The minimum atomic E-state index is -0.546. The molecule has 78 valence electrons. The molecule has 2 N–H and O–H groups in total. The van der Waals surface area contributed by atoms with E-state index >= 15 is 0 Å². The van der Waals surface area contributed by atoms with Crippen molar-refractivity contribution >= 4 is 11.3 Å². The van der Waals surface area contributed by atoms with Gasteiger partial charge in [-0.3, -0.25) is 5.41 Å². The average molecular weight is 220 g/mol. The molecule has 0 saturated carbocycles. The van der Waals surface area contributed by atoms with Crippen molar-refractivity contribution in [3.8, 4) is 0 Å². The van der Waals surface area contributed by atoms with E-state index in [0.29, 0.717) is 11.3 Å². The lowest BCUT2D eigenvalue weighted by molar-refractivity contribution is 0.155. The third-order valence-corrected chi connectivity index (χ3v) is 2.95. The molecule has 0 radical (unpaired) electrons. The van der Waals surface area contributed by atoms with Crippen LogP contribution in [-0.2, 0) is 6.54 Å². The molecule has 0 bridgehead atoms. The maximum absolute atomic E-state index is 9.92. The molecular formula is C11H12N2OS. The van der Waals surface area contributed by atoms with Gasteiger partial charge in [-0.15, -0.1) is 11.3 Å². The third kappa shape index (κ3) is 2.34. The molecule has 1 aromatic carbocycles. The fraction of sp³-hybridized carbons (Fsp3) is 0.182. The highest BCUT2D eigenvalue weighted by Gasteiger charge is 2.07. The lowest BCUT2D eigenvalue weighted by Gasteiger charge is -2.11. The zero-order chi connectivity index (χ0) is 10.7. The number of nitrogens with zero attached hydrogens (tertiary/aromatic N) is 1. The van der Waals surface area contributed by atoms with E-state index in [1.807, 2.05) is 41.9 Å². The van der Waals surface area contributed by atoms with Crippen LogP contribution in [0.15, 0.2) is 41.9 Å². The van der Waals surface area contributed by atoms with Crippen molar-refractivity contribution in [2.24, 2.45) is 0 Å². The highest BCUT2D eigenvalue weighted by Crippen LogP contribution is 2.13. The topological polar surface area (TPSA) is 49.0 Å². The Balaban J connectivity index is 2.14. The molecule has 0 amide bonds. The molecule has 0 unspecified atom stereocenters. The molecule has 2 rings (SSSR count). The van der Waals surface area contributed by atoms with E-state index in [1.54, 1.807) is 4.57 Å². The van der Waals surface area contributed by atoms with Crippen molar-refractivity contribution in [3.05, 3.63) is 52.3 Å². The van der Waals surface area contributed by atoms with Gasteiger partial charge in [0.05, 0.1) is 12.6 Å². The fourth-order valence-electron chi connectivity index (χ4n) is 1.41. The van der Waals surface area contributed by atoms with Crippen LogP contribution in [0.1, 0.15) is 11.7 Å². The van der Waals surface area contributed by atoms with Crippen molar-refractivity contribution in [2.45, 2.75) is 12.6 Å². The number of benzene rings is 1. The first-order valence-corrected chi connectivity index (χ1v) is 5.57. The number of hydrogen-bond donors (Lipinski definition) is 2. The van der Waals surface area contributed by atoms with E-state index in [-0.39, 0.29) is 0 Å². The lowest BCUT2D eigenvalue weighted by atomic mass is 10.1. The van der Waals surface area contributed by atoms with E-state index in [1.165, 1.54) is 11.3 Å². The van der Waals surface area contributed by atoms with Crippen molar-refractivity contribution in [2.75, 3.05) is 0 Å². The molecule has 2 aromatic rings. The van der Waals surface area contributed by atoms with Crippen molar-refractivity contribution in [3.63, 3.8) is 0 Å². The molecule has 15 heavy (non-hydrogen) atoms. The third-order valence-electron chi connectivity index (χ3n) is 2.24. The Morgan fingerprint density at radius 2 is 2.07 bits per heavy atom. The molecule has 0 aliphatic carbocycles. The maximum Gasteiger partial charge on any atom is 0.181 e. The fourth-order valence-corrected chi connectivity index (χ4v) is 2.02. The van der Waals surface area contributed by atoms with Gasteiger partial charge in [0.1, 0.15) is 0 Å². The van der Waals surface area contributed by atoms with Gasteiger partial charge in [0, 0.05) is 11.6 Å². The van der Waals surface area contributed by atoms with Crippen LogP contribution in [0.4, 0.5) is 0 Å². The Morgan fingerprint density at radius 3 is 2.67 bits per heavy atom. The predicted octanol–water partition coefficient (Wildman–Crippen LogP) is 1.76. The largest absolute Gasteiger partial charge is 0.387 e. The molecule has 0 spiro atoms. The SMILES string of the molecule is N=c1sccn1C[C@H](O)c1ccccc1. The second-order valence-corrected chi connectivity index (χ2v) is 4.18. The van der Waals surface area contributed by atoms with Gasteiger partial charge >= 0.3 is 0 Å². The van der Waals surface area contributed by atoms with Crippen LogP contribution in [0, 0.1) is 5.41 Å². The van der Waals surface area contributed by atoms with Crippen LogP contribution < -0.4 is 4.80 Å². The van der Waals surface area contributed by atoms with Crippen LogP contribution in [-0.4, -0.2) is 9.67 Å². The minimum absolute atomic E-state index is 0.437. The minimum Gasteiger partial charge on any atom is -0.387 e. The molecule has 0 aliphatic rings. The normalized spacial score (nSPS) is 12.6. The molecule has 0 fully saturated rings. The van der Waals surface area contributed by atoms with Crippen LogP contribution in [0.3, 0.4) is 0 Å². The zero-order valence-electron chi connectivity index (χ0n) is 8.13. The van der Waals surface area contributed by atoms with E-state index < -0.39 is 6.10 Å². The molecule has 0 aliphatic heterocycles.